The van der Waals surface area contributed by atoms with Crippen molar-refractivity contribution < 1.29 is 4.79 Å². The van der Waals surface area contributed by atoms with Gasteiger partial charge in [0.1, 0.15) is 11.6 Å². The second kappa shape index (κ2) is 7.80. The zero-order valence-electron chi connectivity index (χ0n) is 16.9. The molecule has 1 saturated heterocycles. The zero-order chi connectivity index (χ0) is 19.7. The van der Waals surface area contributed by atoms with Gasteiger partial charge < -0.3 is 4.57 Å². The summed E-state index contributed by atoms with van der Waals surface area (Å²) in [5.41, 5.74) is 2.97. The number of hydrogen-bond acceptors (Lipinski definition) is 5. The Bertz CT molecular complexity index is 1000. The predicted molar refractivity (Wildman–Crippen MR) is 110 cm³/mol. The van der Waals surface area contributed by atoms with E-state index in [-0.39, 0.29) is 18.2 Å². The summed E-state index contributed by atoms with van der Waals surface area (Å²) in [6.07, 6.45) is 7.60. The number of aromatic nitrogens is 4. The molecule has 1 aliphatic heterocycles. The standard InChI is InChI=1S/C22H27N5O/c1-15(27-9-5-4-6-10-27)21(28)12-22-24-13-18-8-7-17(11-19(18)25-22)20-14-23-16(2)26(20)3/h7-8,11,13-15H,4-6,9-10,12H2,1-3H3. The van der Waals surface area contributed by atoms with Crippen molar-refractivity contribution in [3.05, 3.63) is 42.2 Å². The number of benzene rings is 1. The zero-order valence-corrected chi connectivity index (χ0v) is 16.9. The normalized spacial score (nSPS) is 16.4. The van der Waals surface area contributed by atoms with E-state index in [1.165, 1.54) is 19.3 Å². The van der Waals surface area contributed by atoms with Crippen molar-refractivity contribution >= 4 is 16.7 Å². The third-order valence-corrected chi connectivity index (χ3v) is 5.89. The van der Waals surface area contributed by atoms with Gasteiger partial charge in [0.05, 0.1) is 29.9 Å². The van der Waals surface area contributed by atoms with Gasteiger partial charge in [0.25, 0.3) is 0 Å². The summed E-state index contributed by atoms with van der Waals surface area (Å²) < 4.78 is 2.06. The number of Topliss-reactive ketones (excluding diaryl/α,β-unsaturated/α-hetero) is 1. The van der Waals surface area contributed by atoms with Crippen LogP contribution in [0.2, 0.25) is 0 Å². The van der Waals surface area contributed by atoms with Crippen LogP contribution in [0.4, 0.5) is 0 Å². The minimum absolute atomic E-state index is 0.0663. The van der Waals surface area contributed by atoms with Gasteiger partial charge in [-0.05, 0) is 45.8 Å². The number of imidazole rings is 1. The Morgan fingerprint density at radius 3 is 2.64 bits per heavy atom. The molecule has 0 spiro atoms. The van der Waals surface area contributed by atoms with Crippen LogP contribution in [0, 0.1) is 6.92 Å². The van der Waals surface area contributed by atoms with E-state index < -0.39 is 0 Å². The number of carbonyl (C=O) groups excluding carboxylic acids is 1. The van der Waals surface area contributed by atoms with E-state index in [2.05, 4.69) is 36.6 Å². The van der Waals surface area contributed by atoms with E-state index in [1.54, 1.807) is 0 Å². The molecule has 0 radical (unpaired) electrons. The second-order valence-electron chi connectivity index (χ2n) is 7.73. The van der Waals surface area contributed by atoms with Crippen LogP contribution >= 0.6 is 0 Å². The highest BCUT2D eigenvalue weighted by molar-refractivity contribution is 5.86. The monoisotopic (exact) mass is 377 g/mol. The summed E-state index contributed by atoms with van der Waals surface area (Å²) in [6.45, 7) is 6.02. The first-order valence-corrected chi connectivity index (χ1v) is 10.0. The van der Waals surface area contributed by atoms with Crippen LogP contribution in [-0.4, -0.2) is 49.3 Å². The molecule has 0 bridgehead atoms. The van der Waals surface area contributed by atoms with Gasteiger partial charge >= 0.3 is 0 Å². The van der Waals surface area contributed by atoms with Gasteiger partial charge in [-0.25, -0.2) is 15.0 Å². The third-order valence-electron chi connectivity index (χ3n) is 5.89. The topological polar surface area (TPSA) is 63.9 Å². The fraction of sp³-hybridized carbons (Fsp3) is 0.455. The number of ketones is 1. The molecule has 1 aromatic carbocycles. The average molecular weight is 377 g/mol. The first kappa shape index (κ1) is 18.7. The summed E-state index contributed by atoms with van der Waals surface area (Å²) in [6, 6.07) is 6.07. The van der Waals surface area contributed by atoms with Gasteiger partial charge in [-0.1, -0.05) is 18.6 Å². The minimum Gasteiger partial charge on any atom is -0.331 e. The third kappa shape index (κ3) is 3.69. The summed E-state index contributed by atoms with van der Waals surface area (Å²) in [5.74, 6) is 1.76. The van der Waals surface area contributed by atoms with Gasteiger partial charge in [-0.3, -0.25) is 9.69 Å². The van der Waals surface area contributed by atoms with Gasteiger partial charge in [-0.15, -0.1) is 0 Å². The molecule has 1 unspecified atom stereocenters. The van der Waals surface area contributed by atoms with E-state index in [9.17, 15) is 4.79 Å². The van der Waals surface area contributed by atoms with Gasteiger partial charge in [0.2, 0.25) is 0 Å². The van der Waals surface area contributed by atoms with Crippen LogP contribution < -0.4 is 0 Å². The molecule has 2 aromatic heterocycles. The predicted octanol–water partition coefficient (Wildman–Crippen LogP) is 3.32. The van der Waals surface area contributed by atoms with Gasteiger partial charge in [-0.2, -0.15) is 0 Å². The van der Waals surface area contributed by atoms with Crippen LogP contribution in [0.3, 0.4) is 0 Å². The lowest BCUT2D eigenvalue weighted by atomic mass is 10.0. The molecule has 6 nitrogen and oxygen atoms in total. The van der Waals surface area contributed by atoms with E-state index in [0.29, 0.717) is 5.82 Å². The number of likely N-dealkylation sites (tertiary alicyclic amines) is 1. The summed E-state index contributed by atoms with van der Waals surface area (Å²) >= 11 is 0. The quantitative estimate of drug-likeness (QED) is 0.682. The molecular weight excluding hydrogens is 350 g/mol. The molecule has 3 heterocycles. The summed E-state index contributed by atoms with van der Waals surface area (Å²) in [4.78, 5) is 28.5. The Labute approximate surface area is 165 Å². The smallest absolute Gasteiger partial charge is 0.157 e. The van der Waals surface area contributed by atoms with Crippen molar-refractivity contribution in [2.24, 2.45) is 7.05 Å². The Kier molecular flexibility index (Phi) is 5.22. The van der Waals surface area contributed by atoms with E-state index in [0.717, 1.165) is 41.1 Å². The Balaban J connectivity index is 1.56. The number of hydrogen-bond donors (Lipinski definition) is 0. The number of rotatable bonds is 5. The molecule has 28 heavy (non-hydrogen) atoms. The highest BCUT2D eigenvalue weighted by atomic mass is 16.1. The van der Waals surface area contributed by atoms with Crippen molar-refractivity contribution in [2.45, 2.75) is 45.6 Å². The largest absolute Gasteiger partial charge is 0.331 e. The van der Waals surface area contributed by atoms with Crippen LogP contribution in [-0.2, 0) is 18.3 Å². The molecule has 146 valence electrons. The molecule has 1 atom stereocenters. The van der Waals surface area contributed by atoms with E-state index in [4.69, 9.17) is 0 Å². The summed E-state index contributed by atoms with van der Waals surface area (Å²) in [5, 5.41) is 0.975. The van der Waals surface area contributed by atoms with Crippen LogP contribution in [0.1, 0.15) is 37.8 Å². The molecule has 0 saturated carbocycles. The molecule has 0 amide bonds. The maximum atomic E-state index is 12.8. The first-order valence-electron chi connectivity index (χ1n) is 10.0. The van der Waals surface area contributed by atoms with Gasteiger partial charge in [0, 0.05) is 24.2 Å². The molecule has 0 N–H and O–H groups in total. The lowest BCUT2D eigenvalue weighted by Gasteiger charge is -2.31. The highest BCUT2D eigenvalue weighted by Crippen LogP contribution is 2.24. The Morgan fingerprint density at radius 2 is 1.93 bits per heavy atom. The molecule has 4 rings (SSSR count). The maximum Gasteiger partial charge on any atom is 0.157 e. The van der Waals surface area contributed by atoms with Crippen molar-refractivity contribution in [1.82, 2.24) is 24.4 Å². The summed E-state index contributed by atoms with van der Waals surface area (Å²) in [7, 11) is 2.01. The number of carbonyl (C=O) groups is 1. The van der Waals surface area contributed by atoms with E-state index in [1.807, 2.05) is 39.4 Å². The van der Waals surface area contributed by atoms with Gasteiger partial charge in [0.15, 0.2) is 5.78 Å². The molecule has 0 aliphatic carbocycles. The lowest BCUT2D eigenvalue weighted by molar-refractivity contribution is -0.123. The van der Waals surface area contributed by atoms with Crippen LogP contribution in [0.15, 0.2) is 30.6 Å². The number of piperidine rings is 1. The molecule has 1 aliphatic rings. The van der Waals surface area contributed by atoms with Crippen molar-refractivity contribution in [1.29, 1.82) is 0 Å². The fourth-order valence-electron chi connectivity index (χ4n) is 3.89. The minimum atomic E-state index is -0.0663. The van der Waals surface area contributed by atoms with Crippen molar-refractivity contribution in [2.75, 3.05) is 13.1 Å². The maximum absolute atomic E-state index is 12.8. The van der Waals surface area contributed by atoms with E-state index >= 15 is 0 Å². The SMILES string of the molecule is Cc1ncc(-c2ccc3cnc(CC(=O)C(C)N4CCCCC4)nc3c2)n1C. The first-order chi connectivity index (χ1) is 13.5. The number of aryl methyl sites for hydroxylation is 1. The van der Waals surface area contributed by atoms with Crippen LogP contribution in [0.25, 0.3) is 22.2 Å². The number of fused-ring (bicyclic) bond motifs is 1. The average Bonchev–Trinajstić information content (AvgIpc) is 3.06. The highest BCUT2D eigenvalue weighted by Gasteiger charge is 2.23. The fourth-order valence-corrected chi connectivity index (χ4v) is 3.89. The van der Waals surface area contributed by atoms with Crippen LogP contribution in [0.5, 0.6) is 0 Å². The number of nitrogens with zero attached hydrogens (tertiary/aromatic N) is 5. The Hall–Kier alpha value is -2.60. The molecule has 6 heteroatoms. The Morgan fingerprint density at radius 1 is 1.14 bits per heavy atom. The second-order valence-corrected chi connectivity index (χ2v) is 7.73. The lowest BCUT2D eigenvalue weighted by Crippen LogP contribution is -2.42. The molecule has 3 aromatic rings. The molecular formula is C22H27N5O. The van der Waals surface area contributed by atoms with Crippen molar-refractivity contribution in [3.8, 4) is 11.3 Å². The molecule has 1 fully saturated rings. The van der Waals surface area contributed by atoms with Crippen molar-refractivity contribution in [3.63, 3.8) is 0 Å².